The van der Waals surface area contributed by atoms with E-state index in [2.05, 4.69) is 26.1 Å². The van der Waals surface area contributed by atoms with Crippen LogP contribution in [0.1, 0.15) is 12.0 Å². The number of hydrogen-bond donors (Lipinski definition) is 3. The van der Waals surface area contributed by atoms with Crippen molar-refractivity contribution in [3.8, 4) is 11.5 Å². The van der Waals surface area contributed by atoms with Crippen LogP contribution in [0.4, 0.5) is 5.69 Å². The molecule has 1 atom stereocenters. The van der Waals surface area contributed by atoms with Gasteiger partial charge in [0, 0.05) is 10.9 Å². The minimum absolute atomic E-state index is 0.0192. The number of phenols is 2. The zero-order valence-electron chi connectivity index (χ0n) is 14.3. The van der Waals surface area contributed by atoms with Crippen LogP contribution < -0.4 is 10.6 Å². The van der Waals surface area contributed by atoms with Crippen LogP contribution in [-0.4, -0.2) is 38.7 Å². The van der Waals surface area contributed by atoms with Gasteiger partial charge in [0.05, 0.1) is 11.9 Å². The van der Waals surface area contributed by atoms with E-state index in [1.807, 2.05) is 0 Å². The predicted octanol–water partition coefficient (Wildman–Crippen LogP) is 2.57. The van der Waals surface area contributed by atoms with E-state index >= 15 is 0 Å². The molecule has 3 rings (SSSR count). The first-order valence-corrected chi connectivity index (χ1v) is 9.70. The van der Waals surface area contributed by atoms with Gasteiger partial charge in [-0.25, -0.2) is 4.90 Å². The zero-order chi connectivity index (χ0) is 20.3. The lowest BCUT2D eigenvalue weighted by atomic mass is 10.2. The third kappa shape index (κ3) is 4.52. The quantitative estimate of drug-likeness (QED) is 0.210. The number of carbonyl (C=O) groups is 2. The molecule has 10 heteroatoms. The number of nitrogens with two attached hydrogens (primary N) is 1. The van der Waals surface area contributed by atoms with Gasteiger partial charge < -0.3 is 15.9 Å². The van der Waals surface area contributed by atoms with Gasteiger partial charge in [-0.05, 0) is 48.0 Å². The molecule has 0 unspecified atom stereocenters. The highest BCUT2D eigenvalue weighted by Crippen LogP contribution is 2.30. The summed E-state index contributed by atoms with van der Waals surface area (Å²) in [5.41, 5.74) is 6.81. The van der Waals surface area contributed by atoms with Gasteiger partial charge in [-0.3, -0.25) is 9.59 Å². The van der Waals surface area contributed by atoms with E-state index in [1.165, 1.54) is 24.4 Å². The molecular weight excluding hydrogens is 448 g/mol. The van der Waals surface area contributed by atoms with E-state index < -0.39 is 5.25 Å². The third-order valence-electron chi connectivity index (χ3n) is 3.82. The minimum atomic E-state index is -0.673. The van der Waals surface area contributed by atoms with Crippen LogP contribution in [-0.2, 0) is 9.59 Å². The molecule has 0 aliphatic carbocycles. The molecule has 0 radical (unpaired) electrons. The Bertz CT molecular complexity index is 978. The number of phenolic OH excluding ortho intramolecular Hbond substituents is 2. The molecule has 8 nitrogen and oxygen atoms in total. The number of thioether (sulfide) groups is 1. The highest BCUT2D eigenvalue weighted by atomic mass is 79.9. The van der Waals surface area contributed by atoms with E-state index in [4.69, 9.17) is 5.73 Å². The molecule has 144 valence electrons. The van der Waals surface area contributed by atoms with Crippen molar-refractivity contribution >= 4 is 56.6 Å². The monoisotopic (exact) mass is 462 g/mol. The molecule has 1 aliphatic heterocycles. The number of halogens is 1. The number of benzene rings is 2. The maximum absolute atomic E-state index is 12.6. The smallest absolute Gasteiger partial charge is 0.247 e. The molecule has 1 heterocycles. The summed E-state index contributed by atoms with van der Waals surface area (Å²) in [4.78, 5) is 26.0. The number of amides is 2. The molecule has 2 aromatic rings. The Morgan fingerprint density at radius 3 is 2.57 bits per heavy atom. The normalized spacial score (nSPS) is 17.7. The largest absolute Gasteiger partial charge is 0.504 e. The first kappa shape index (κ1) is 19.9. The lowest BCUT2D eigenvalue weighted by Crippen LogP contribution is -2.31. The third-order valence-corrected chi connectivity index (χ3v) is 5.32. The summed E-state index contributed by atoms with van der Waals surface area (Å²) < 4.78 is 0.845. The summed E-state index contributed by atoms with van der Waals surface area (Å²) in [5.74, 6) is -1.18. The number of nitrogens with zero attached hydrogens (tertiary/aromatic N) is 3. The molecule has 0 aromatic heterocycles. The minimum Gasteiger partial charge on any atom is -0.504 e. The van der Waals surface area contributed by atoms with E-state index in [1.54, 1.807) is 24.3 Å². The van der Waals surface area contributed by atoms with Crippen LogP contribution in [0.3, 0.4) is 0 Å². The summed E-state index contributed by atoms with van der Waals surface area (Å²) in [6.07, 6.45) is 1.35. The van der Waals surface area contributed by atoms with Crippen LogP contribution in [0.2, 0.25) is 0 Å². The fourth-order valence-electron chi connectivity index (χ4n) is 2.50. The highest BCUT2D eigenvalue weighted by Gasteiger charge is 2.40. The molecule has 1 aliphatic rings. The average Bonchev–Trinajstić information content (AvgIpc) is 2.92. The maximum Gasteiger partial charge on any atom is 0.247 e. The van der Waals surface area contributed by atoms with Crippen LogP contribution in [0.15, 0.2) is 57.1 Å². The van der Waals surface area contributed by atoms with E-state index in [9.17, 15) is 19.8 Å². The zero-order valence-corrected chi connectivity index (χ0v) is 16.7. The van der Waals surface area contributed by atoms with E-state index in [0.29, 0.717) is 11.3 Å². The molecule has 4 N–H and O–H groups in total. The van der Waals surface area contributed by atoms with Crippen molar-refractivity contribution in [2.24, 2.45) is 15.9 Å². The second-order valence-electron chi connectivity index (χ2n) is 5.79. The van der Waals surface area contributed by atoms with E-state index in [0.717, 1.165) is 21.1 Å². The second-order valence-corrected chi connectivity index (χ2v) is 7.92. The first-order chi connectivity index (χ1) is 13.3. The van der Waals surface area contributed by atoms with Gasteiger partial charge in [0.25, 0.3) is 0 Å². The summed E-state index contributed by atoms with van der Waals surface area (Å²) in [6, 6.07) is 11.0. The van der Waals surface area contributed by atoms with Gasteiger partial charge in [-0.15, -0.1) is 5.10 Å². The van der Waals surface area contributed by atoms with E-state index in [-0.39, 0.29) is 34.9 Å². The Kier molecular flexibility index (Phi) is 6.00. The molecule has 0 saturated carbocycles. The topological polar surface area (TPSA) is 129 Å². The molecule has 28 heavy (non-hydrogen) atoms. The SMILES string of the molecule is N/C(=N\N=C/c1ccc(O)c(O)c1)S[C@@H]1CC(=O)N(c2ccc(Br)cc2)C1=O. The number of rotatable bonds is 4. The summed E-state index contributed by atoms with van der Waals surface area (Å²) in [7, 11) is 0. The van der Waals surface area contributed by atoms with Crippen molar-refractivity contribution in [2.45, 2.75) is 11.7 Å². The van der Waals surface area contributed by atoms with Gasteiger partial charge >= 0.3 is 0 Å². The molecule has 1 fully saturated rings. The molecule has 0 spiro atoms. The lowest BCUT2D eigenvalue weighted by molar-refractivity contribution is -0.121. The molecule has 2 aromatic carbocycles. The van der Waals surface area contributed by atoms with Crippen molar-refractivity contribution in [1.29, 1.82) is 0 Å². The first-order valence-electron chi connectivity index (χ1n) is 8.02. The number of imide groups is 1. The van der Waals surface area contributed by atoms with Crippen LogP contribution in [0, 0.1) is 0 Å². The van der Waals surface area contributed by atoms with Crippen LogP contribution >= 0.6 is 27.7 Å². The van der Waals surface area contributed by atoms with Gasteiger partial charge in [-0.1, -0.05) is 27.7 Å². The Morgan fingerprint density at radius 1 is 1.18 bits per heavy atom. The Hall–Kier alpha value is -2.85. The van der Waals surface area contributed by atoms with Crippen LogP contribution in [0.5, 0.6) is 11.5 Å². The summed E-state index contributed by atoms with van der Waals surface area (Å²) in [5, 5.41) is 25.7. The van der Waals surface area contributed by atoms with Gasteiger partial charge in [0.2, 0.25) is 11.8 Å². The molecule has 0 bridgehead atoms. The van der Waals surface area contributed by atoms with Crippen molar-refractivity contribution in [3.05, 3.63) is 52.5 Å². The number of amidine groups is 1. The number of carbonyl (C=O) groups excluding carboxylic acids is 2. The van der Waals surface area contributed by atoms with Gasteiger partial charge in [0.1, 0.15) is 5.25 Å². The molecular formula is C18H15BrN4O4S. The van der Waals surface area contributed by atoms with Gasteiger partial charge in [0.15, 0.2) is 16.7 Å². The Labute approximate surface area is 172 Å². The van der Waals surface area contributed by atoms with Crippen molar-refractivity contribution in [2.75, 3.05) is 4.90 Å². The average molecular weight is 463 g/mol. The summed E-state index contributed by atoms with van der Waals surface area (Å²) in [6.45, 7) is 0. The standard InChI is InChI=1S/C18H15BrN4O4S/c19-11-2-4-12(5-3-11)23-16(26)8-15(17(23)27)28-18(20)22-21-9-10-1-6-13(24)14(25)7-10/h1-7,9,15,24-25H,8H2,(H2,20,22)/b21-9-/t15-/m1/s1. The van der Waals surface area contributed by atoms with Crippen LogP contribution in [0.25, 0.3) is 0 Å². The van der Waals surface area contributed by atoms with Gasteiger partial charge in [-0.2, -0.15) is 5.10 Å². The number of aromatic hydroxyl groups is 2. The predicted molar refractivity (Wildman–Crippen MR) is 112 cm³/mol. The second kappa shape index (κ2) is 8.44. The molecule has 1 saturated heterocycles. The number of hydrogen-bond acceptors (Lipinski definition) is 7. The highest BCUT2D eigenvalue weighted by molar-refractivity contribution is 9.10. The van der Waals surface area contributed by atoms with Crippen molar-refractivity contribution < 1.29 is 19.8 Å². The van der Waals surface area contributed by atoms with Crippen molar-refractivity contribution in [3.63, 3.8) is 0 Å². The number of anilines is 1. The maximum atomic E-state index is 12.6. The lowest BCUT2D eigenvalue weighted by Gasteiger charge is -2.14. The fourth-order valence-corrected chi connectivity index (χ4v) is 3.58. The fraction of sp³-hybridized carbons (Fsp3) is 0.111. The summed E-state index contributed by atoms with van der Waals surface area (Å²) >= 11 is 4.28. The Morgan fingerprint density at radius 2 is 1.89 bits per heavy atom. The molecule has 2 amide bonds. The Balaban J connectivity index is 1.65. The van der Waals surface area contributed by atoms with Crippen molar-refractivity contribution in [1.82, 2.24) is 0 Å².